The van der Waals surface area contributed by atoms with Gasteiger partial charge in [-0.25, -0.2) is 0 Å². The maximum atomic E-state index is 12.0. The van der Waals surface area contributed by atoms with Gasteiger partial charge in [-0.3, -0.25) is 4.79 Å². The van der Waals surface area contributed by atoms with Gasteiger partial charge in [0.2, 0.25) is 0 Å². The second-order valence-electron chi connectivity index (χ2n) is 4.33. The van der Waals surface area contributed by atoms with Crippen LogP contribution in [-0.4, -0.2) is 12.4 Å². The summed E-state index contributed by atoms with van der Waals surface area (Å²) in [6, 6.07) is 14.2. The van der Waals surface area contributed by atoms with E-state index in [-0.39, 0.29) is 11.5 Å². The van der Waals surface area contributed by atoms with Gasteiger partial charge in [-0.2, -0.15) is 14.0 Å². The van der Waals surface area contributed by atoms with E-state index in [1.165, 1.54) is 30.3 Å². The molecule has 0 aromatic heterocycles. The highest BCUT2D eigenvalue weighted by Gasteiger charge is 2.06. The maximum Gasteiger partial charge on any atom is 0.387 e. The summed E-state index contributed by atoms with van der Waals surface area (Å²) in [7, 11) is 0. The minimum Gasteiger partial charge on any atom is -0.435 e. The number of allylic oxidation sites excluding steroid dienone is 1. The third kappa shape index (κ3) is 4.25. The number of benzene rings is 2. The Kier molecular flexibility index (Phi) is 4.99. The third-order valence-corrected chi connectivity index (χ3v) is 2.83. The fourth-order valence-electron chi connectivity index (χ4n) is 1.74. The van der Waals surface area contributed by atoms with E-state index in [2.05, 4.69) is 4.74 Å². The zero-order chi connectivity index (χ0) is 15.9. The second-order valence-corrected chi connectivity index (χ2v) is 4.33. The second kappa shape index (κ2) is 7.14. The summed E-state index contributed by atoms with van der Waals surface area (Å²) >= 11 is 0. The van der Waals surface area contributed by atoms with Gasteiger partial charge in [0.1, 0.15) is 5.75 Å². The summed E-state index contributed by atoms with van der Waals surface area (Å²) < 4.78 is 28.3. The molecule has 5 heteroatoms. The number of hydrogen-bond donors (Lipinski definition) is 0. The van der Waals surface area contributed by atoms with Gasteiger partial charge in [-0.05, 0) is 48.0 Å². The number of ketones is 1. The third-order valence-electron chi connectivity index (χ3n) is 2.83. The van der Waals surface area contributed by atoms with Crippen LogP contribution in [-0.2, 0) is 0 Å². The molecule has 0 heterocycles. The molecule has 0 amide bonds. The van der Waals surface area contributed by atoms with E-state index >= 15 is 0 Å². The van der Waals surface area contributed by atoms with Crippen LogP contribution in [0.2, 0.25) is 0 Å². The Labute approximate surface area is 126 Å². The fourth-order valence-corrected chi connectivity index (χ4v) is 1.74. The first-order chi connectivity index (χ1) is 10.6. The van der Waals surface area contributed by atoms with Crippen molar-refractivity contribution in [3.8, 4) is 11.8 Å². The molecule has 0 aliphatic rings. The molecule has 2 aromatic carbocycles. The lowest BCUT2D eigenvalue weighted by atomic mass is 10.1. The Morgan fingerprint density at radius 1 is 1.09 bits per heavy atom. The van der Waals surface area contributed by atoms with Crippen molar-refractivity contribution in [1.29, 1.82) is 5.26 Å². The normalized spacial score (nSPS) is 10.6. The van der Waals surface area contributed by atoms with Gasteiger partial charge >= 0.3 is 6.61 Å². The Balaban J connectivity index is 2.04. The number of alkyl halides is 2. The summed E-state index contributed by atoms with van der Waals surface area (Å²) in [5.74, 6) is -0.254. The van der Waals surface area contributed by atoms with Crippen molar-refractivity contribution in [1.82, 2.24) is 0 Å². The van der Waals surface area contributed by atoms with Crippen molar-refractivity contribution in [2.24, 2.45) is 0 Å². The summed E-state index contributed by atoms with van der Waals surface area (Å²) in [5.41, 5.74) is 1.69. The largest absolute Gasteiger partial charge is 0.435 e. The van der Waals surface area contributed by atoms with E-state index in [1.54, 1.807) is 30.3 Å². The molecule has 0 N–H and O–H groups in total. The van der Waals surface area contributed by atoms with Crippen molar-refractivity contribution >= 4 is 11.9 Å². The van der Waals surface area contributed by atoms with Crippen LogP contribution in [0.1, 0.15) is 21.5 Å². The SMILES string of the molecule is N#Cc1ccc(C=CC(=O)c2ccc(OC(F)F)cc2)cc1. The van der Waals surface area contributed by atoms with Crippen molar-refractivity contribution in [3.63, 3.8) is 0 Å². The van der Waals surface area contributed by atoms with Gasteiger partial charge in [0, 0.05) is 5.56 Å². The van der Waals surface area contributed by atoms with Crippen LogP contribution < -0.4 is 4.74 Å². The zero-order valence-electron chi connectivity index (χ0n) is 11.4. The Morgan fingerprint density at radius 3 is 2.27 bits per heavy atom. The van der Waals surface area contributed by atoms with E-state index < -0.39 is 6.61 Å². The standard InChI is InChI=1S/C17H11F2NO2/c18-17(19)22-15-8-6-14(7-9-15)16(21)10-5-12-1-3-13(11-20)4-2-12/h1-10,17H. The number of hydrogen-bond acceptors (Lipinski definition) is 3. The maximum absolute atomic E-state index is 12.0. The van der Waals surface area contributed by atoms with Gasteiger partial charge in [0.15, 0.2) is 5.78 Å². The van der Waals surface area contributed by atoms with E-state index in [1.807, 2.05) is 6.07 Å². The monoisotopic (exact) mass is 299 g/mol. The molecule has 0 aliphatic carbocycles. The first-order valence-electron chi connectivity index (χ1n) is 6.36. The van der Waals surface area contributed by atoms with E-state index in [0.717, 1.165) is 5.56 Å². The number of carbonyl (C=O) groups excluding carboxylic acids is 1. The first-order valence-corrected chi connectivity index (χ1v) is 6.36. The van der Waals surface area contributed by atoms with Crippen LogP contribution in [0.25, 0.3) is 6.08 Å². The Hall–Kier alpha value is -3.00. The fraction of sp³-hybridized carbons (Fsp3) is 0.0588. The van der Waals surface area contributed by atoms with Gasteiger partial charge in [-0.15, -0.1) is 0 Å². The lowest BCUT2D eigenvalue weighted by Crippen LogP contribution is -2.02. The van der Waals surface area contributed by atoms with E-state index in [9.17, 15) is 13.6 Å². The molecule has 0 fully saturated rings. The topological polar surface area (TPSA) is 50.1 Å². The molecule has 0 aliphatic heterocycles. The minimum atomic E-state index is -2.89. The number of rotatable bonds is 5. The summed E-state index contributed by atoms with van der Waals surface area (Å²) in [5, 5.41) is 8.69. The molecule has 0 atom stereocenters. The van der Waals surface area contributed by atoms with Crippen LogP contribution in [0.5, 0.6) is 5.75 Å². The summed E-state index contributed by atoms with van der Waals surface area (Å²) in [4.78, 5) is 11.9. The van der Waals surface area contributed by atoms with Crippen LogP contribution in [0.3, 0.4) is 0 Å². The van der Waals surface area contributed by atoms with E-state index in [0.29, 0.717) is 11.1 Å². The molecule has 0 unspecified atom stereocenters. The Morgan fingerprint density at radius 2 is 1.73 bits per heavy atom. The van der Waals surface area contributed by atoms with Gasteiger partial charge in [0.25, 0.3) is 0 Å². The summed E-state index contributed by atoms with van der Waals surface area (Å²) in [6.45, 7) is -2.89. The highest BCUT2D eigenvalue weighted by Crippen LogP contribution is 2.16. The average Bonchev–Trinajstić information content (AvgIpc) is 2.53. The molecule has 22 heavy (non-hydrogen) atoms. The van der Waals surface area contributed by atoms with E-state index in [4.69, 9.17) is 5.26 Å². The van der Waals surface area contributed by atoms with Crippen molar-refractivity contribution in [3.05, 3.63) is 71.3 Å². The van der Waals surface area contributed by atoms with Gasteiger partial charge < -0.3 is 4.74 Å². The number of carbonyl (C=O) groups is 1. The van der Waals surface area contributed by atoms with Crippen LogP contribution in [0.15, 0.2) is 54.6 Å². The minimum absolute atomic E-state index is 0.00243. The molecule has 2 aromatic rings. The average molecular weight is 299 g/mol. The lowest BCUT2D eigenvalue weighted by Gasteiger charge is -2.04. The number of nitrogens with zero attached hydrogens (tertiary/aromatic N) is 1. The van der Waals surface area contributed by atoms with Crippen LogP contribution in [0, 0.1) is 11.3 Å². The molecule has 3 nitrogen and oxygen atoms in total. The lowest BCUT2D eigenvalue weighted by molar-refractivity contribution is -0.0498. The highest BCUT2D eigenvalue weighted by atomic mass is 19.3. The van der Waals surface area contributed by atoms with Crippen molar-refractivity contribution in [2.45, 2.75) is 6.61 Å². The predicted octanol–water partition coefficient (Wildman–Crippen LogP) is 4.06. The molecular formula is C17H11F2NO2. The van der Waals surface area contributed by atoms with Crippen LogP contribution in [0.4, 0.5) is 8.78 Å². The molecule has 0 radical (unpaired) electrons. The molecule has 0 saturated heterocycles. The molecule has 0 saturated carbocycles. The van der Waals surface area contributed by atoms with Crippen molar-refractivity contribution in [2.75, 3.05) is 0 Å². The quantitative estimate of drug-likeness (QED) is 0.618. The predicted molar refractivity (Wildman–Crippen MR) is 77.6 cm³/mol. The summed E-state index contributed by atoms with van der Waals surface area (Å²) in [6.07, 6.45) is 3.00. The number of nitriles is 1. The molecule has 0 bridgehead atoms. The smallest absolute Gasteiger partial charge is 0.387 e. The molecule has 2 rings (SSSR count). The Bertz CT molecular complexity index is 714. The highest BCUT2D eigenvalue weighted by molar-refractivity contribution is 6.06. The zero-order valence-corrected chi connectivity index (χ0v) is 11.4. The van der Waals surface area contributed by atoms with Gasteiger partial charge in [-0.1, -0.05) is 18.2 Å². The molecular weight excluding hydrogens is 288 g/mol. The number of ether oxygens (including phenoxy) is 1. The molecule has 110 valence electrons. The van der Waals surface area contributed by atoms with Crippen LogP contribution >= 0.6 is 0 Å². The number of halogens is 2. The first kappa shape index (κ1) is 15.4. The molecule has 0 spiro atoms. The van der Waals surface area contributed by atoms with Crippen molar-refractivity contribution < 1.29 is 18.3 Å². The van der Waals surface area contributed by atoms with Gasteiger partial charge in [0.05, 0.1) is 11.6 Å².